The van der Waals surface area contributed by atoms with E-state index in [1.807, 2.05) is 35.5 Å². The topological polar surface area (TPSA) is 34.5 Å². The first-order chi connectivity index (χ1) is 9.84. The minimum atomic E-state index is 0.0975. The summed E-state index contributed by atoms with van der Waals surface area (Å²) in [5, 5.41) is 2.06. The Hall–Kier alpha value is -1.59. The predicted octanol–water partition coefficient (Wildman–Crippen LogP) is 2.39. The van der Waals surface area contributed by atoms with Crippen LogP contribution in [0.25, 0.3) is 0 Å². The van der Waals surface area contributed by atoms with Crippen molar-refractivity contribution in [1.82, 2.24) is 9.47 Å². The highest BCUT2D eigenvalue weighted by Gasteiger charge is 2.23. The van der Waals surface area contributed by atoms with Gasteiger partial charge in [-0.15, -0.1) is 11.3 Å². The molecule has 4 nitrogen and oxygen atoms in total. The molecular weight excluding hydrogens is 272 g/mol. The maximum atomic E-state index is 12.5. The normalized spacial score (nSPS) is 17.1. The Balaban J connectivity index is 1.75. The second-order valence-corrected chi connectivity index (χ2v) is 5.84. The first-order valence-corrected chi connectivity index (χ1v) is 7.74. The lowest BCUT2D eigenvalue weighted by Gasteiger charge is -2.28. The van der Waals surface area contributed by atoms with E-state index in [-0.39, 0.29) is 11.9 Å². The molecule has 20 heavy (non-hydrogen) atoms. The first kappa shape index (κ1) is 13.4. The van der Waals surface area contributed by atoms with Crippen molar-refractivity contribution in [3.05, 3.63) is 46.9 Å². The number of nitrogens with zero attached hydrogens (tertiary/aromatic N) is 2. The number of morpholine rings is 1. The second-order valence-electron chi connectivity index (χ2n) is 4.86. The summed E-state index contributed by atoms with van der Waals surface area (Å²) in [5.41, 5.74) is 0. The summed E-state index contributed by atoms with van der Waals surface area (Å²) in [6, 6.07) is 8.23. The van der Waals surface area contributed by atoms with Crippen molar-refractivity contribution < 1.29 is 9.53 Å². The van der Waals surface area contributed by atoms with E-state index < -0.39 is 0 Å². The maximum absolute atomic E-state index is 12.5. The van der Waals surface area contributed by atoms with E-state index in [0.29, 0.717) is 32.7 Å². The van der Waals surface area contributed by atoms with Crippen LogP contribution >= 0.6 is 11.3 Å². The van der Waals surface area contributed by atoms with Gasteiger partial charge in [0, 0.05) is 30.4 Å². The molecule has 1 aliphatic rings. The van der Waals surface area contributed by atoms with Gasteiger partial charge in [-0.25, -0.2) is 0 Å². The van der Waals surface area contributed by atoms with Crippen molar-refractivity contribution in [2.24, 2.45) is 0 Å². The van der Waals surface area contributed by atoms with Gasteiger partial charge >= 0.3 is 0 Å². The highest BCUT2D eigenvalue weighted by atomic mass is 32.1. The molecule has 3 rings (SSSR count). The van der Waals surface area contributed by atoms with Gasteiger partial charge in [-0.05, 0) is 23.6 Å². The molecule has 1 fully saturated rings. The standard InChI is InChI=1S/C15H18N2O2S/c18-15(17-7-9-19-10-8-17)12-13(14-4-3-11-20-14)16-5-1-2-6-16/h1-6,11,13H,7-10,12H2. The van der Waals surface area contributed by atoms with Gasteiger partial charge in [0.05, 0.1) is 25.7 Å². The zero-order valence-corrected chi connectivity index (χ0v) is 12.1. The molecule has 1 atom stereocenters. The number of amides is 1. The molecule has 1 amide bonds. The molecule has 0 N–H and O–H groups in total. The molecule has 1 unspecified atom stereocenters. The Morgan fingerprint density at radius 1 is 1.25 bits per heavy atom. The number of thiophene rings is 1. The molecular formula is C15H18N2O2S. The van der Waals surface area contributed by atoms with Crippen LogP contribution in [-0.2, 0) is 9.53 Å². The Kier molecular flexibility index (Phi) is 4.18. The molecule has 3 heterocycles. The number of ether oxygens (including phenoxy) is 1. The Morgan fingerprint density at radius 3 is 2.65 bits per heavy atom. The molecule has 0 saturated carbocycles. The summed E-state index contributed by atoms with van der Waals surface area (Å²) in [4.78, 5) is 15.6. The van der Waals surface area contributed by atoms with Crippen molar-refractivity contribution in [3.63, 3.8) is 0 Å². The number of aromatic nitrogens is 1. The highest BCUT2D eigenvalue weighted by Crippen LogP contribution is 2.27. The molecule has 5 heteroatoms. The van der Waals surface area contributed by atoms with Gasteiger partial charge in [0.15, 0.2) is 0 Å². The fraction of sp³-hybridized carbons (Fsp3) is 0.400. The van der Waals surface area contributed by atoms with Crippen molar-refractivity contribution in [1.29, 1.82) is 0 Å². The zero-order chi connectivity index (χ0) is 13.8. The second kappa shape index (κ2) is 6.24. The number of hydrogen-bond donors (Lipinski definition) is 0. The molecule has 1 aliphatic heterocycles. The monoisotopic (exact) mass is 290 g/mol. The van der Waals surface area contributed by atoms with E-state index in [0.717, 1.165) is 0 Å². The van der Waals surface area contributed by atoms with E-state index >= 15 is 0 Å². The van der Waals surface area contributed by atoms with Crippen LogP contribution in [0.5, 0.6) is 0 Å². The molecule has 1 saturated heterocycles. The van der Waals surface area contributed by atoms with Gasteiger partial charge in [0.25, 0.3) is 0 Å². The third-order valence-electron chi connectivity index (χ3n) is 3.59. The third-order valence-corrected chi connectivity index (χ3v) is 4.56. The lowest BCUT2D eigenvalue weighted by molar-refractivity contribution is -0.135. The number of carbonyl (C=O) groups excluding carboxylic acids is 1. The summed E-state index contributed by atoms with van der Waals surface area (Å²) in [5.74, 6) is 0.209. The van der Waals surface area contributed by atoms with E-state index in [4.69, 9.17) is 4.74 Å². The quantitative estimate of drug-likeness (QED) is 0.866. The van der Waals surface area contributed by atoms with Crippen molar-refractivity contribution in [3.8, 4) is 0 Å². The van der Waals surface area contributed by atoms with Gasteiger partial charge < -0.3 is 14.2 Å². The third kappa shape index (κ3) is 2.94. The average Bonchev–Trinajstić information content (AvgIpc) is 3.19. The SMILES string of the molecule is O=C(CC(c1cccs1)n1cccc1)N1CCOCC1. The lowest BCUT2D eigenvalue weighted by Crippen LogP contribution is -2.41. The van der Waals surface area contributed by atoms with Crippen LogP contribution in [-0.4, -0.2) is 41.7 Å². The fourth-order valence-electron chi connectivity index (χ4n) is 2.50. The molecule has 0 radical (unpaired) electrons. The predicted molar refractivity (Wildman–Crippen MR) is 78.9 cm³/mol. The van der Waals surface area contributed by atoms with E-state index in [9.17, 15) is 4.79 Å². The Bertz CT molecular complexity index is 496. The molecule has 106 valence electrons. The number of rotatable bonds is 4. The summed E-state index contributed by atoms with van der Waals surface area (Å²) in [6.45, 7) is 2.72. The Morgan fingerprint density at radius 2 is 2.00 bits per heavy atom. The summed E-state index contributed by atoms with van der Waals surface area (Å²) >= 11 is 1.70. The van der Waals surface area contributed by atoms with Crippen LogP contribution in [0.4, 0.5) is 0 Å². The Labute approximate surface area is 122 Å². The van der Waals surface area contributed by atoms with E-state index in [1.165, 1.54) is 4.88 Å². The molecule has 2 aromatic rings. The fourth-order valence-corrected chi connectivity index (χ4v) is 3.33. The number of hydrogen-bond acceptors (Lipinski definition) is 3. The zero-order valence-electron chi connectivity index (χ0n) is 11.3. The smallest absolute Gasteiger partial charge is 0.225 e. The van der Waals surface area contributed by atoms with E-state index in [2.05, 4.69) is 16.0 Å². The van der Waals surface area contributed by atoms with Crippen LogP contribution in [0.15, 0.2) is 42.0 Å². The van der Waals surface area contributed by atoms with E-state index in [1.54, 1.807) is 11.3 Å². The molecule has 2 aromatic heterocycles. The van der Waals surface area contributed by atoms with Crippen molar-refractivity contribution in [2.75, 3.05) is 26.3 Å². The largest absolute Gasteiger partial charge is 0.378 e. The summed E-state index contributed by atoms with van der Waals surface area (Å²) in [6.07, 6.45) is 4.56. The van der Waals surface area contributed by atoms with Crippen molar-refractivity contribution in [2.45, 2.75) is 12.5 Å². The maximum Gasteiger partial charge on any atom is 0.225 e. The van der Waals surface area contributed by atoms with Gasteiger partial charge in [-0.3, -0.25) is 4.79 Å². The van der Waals surface area contributed by atoms with Crippen LogP contribution in [0.1, 0.15) is 17.3 Å². The summed E-state index contributed by atoms with van der Waals surface area (Å²) in [7, 11) is 0. The van der Waals surface area contributed by atoms with Gasteiger partial charge in [-0.2, -0.15) is 0 Å². The molecule has 0 spiro atoms. The molecule has 0 bridgehead atoms. The first-order valence-electron chi connectivity index (χ1n) is 6.86. The lowest BCUT2D eigenvalue weighted by atomic mass is 10.1. The minimum Gasteiger partial charge on any atom is -0.378 e. The molecule has 0 aromatic carbocycles. The van der Waals surface area contributed by atoms with Crippen LogP contribution in [0, 0.1) is 0 Å². The summed E-state index contributed by atoms with van der Waals surface area (Å²) < 4.78 is 7.42. The highest BCUT2D eigenvalue weighted by molar-refractivity contribution is 7.10. The van der Waals surface area contributed by atoms with Crippen LogP contribution in [0.3, 0.4) is 0 Å². The van der Waals surface area contributed by atoms with Crippen LogP contribution < -0.4 is 0 Å². The van der Waals surface area contributed by atoms with Gasteiger partial charge in [0.1, 0.15) is 0 Å². The average molecular weight is 290 g/mol. The van der Waals surface area contributed by atoms with Crippen molar-refractivity contribution >= 4 is 17.2 Å². The number of carbonyl (C=O) groups is 1. The van der Waals surface area contributed by atoms with Gasteiger partial charge in [-0.1, -0.05) is 6.07 Å². The van der Waals surface area contributed by atoms with Gasteiger partial charge in [0.2, 0.25) is 5.91 Å². The minimum absolute atomic E-state index is 0.0975. The molecule has 0 aliphatic carbocycles. The van der Waals surface area contributed by atoms with Crippen LogP contribution in [0.2, 0.25) is 0 Å².